The van der Waals surface area contributed by atoms with Crippen LogP contribution in [-0.2, 0) is 0 Å². The van der Waals surface area contributed by atoms with Crippen LogP contribution in [0.5, 0.6) is 0 Å². The van der Waals surface area contributed by atoms with Crippen molar-refractivity contribution in [3.8, 4) is 39.1 Å². The number of thiophene rings is 1. The fourth-order valence-electron chi connectivity index (χ4n) is 9.27. The minimum Gasteiger partial charge on any atom is -0.310 e. The molecule has 0 atom stereocenters. The molecule has 0 saturated heterocycles. The summed E-state index contributed by atoms with van der Waals surface area (Å²) in [7, 11) is 0. The fourth-order valence-corrected chi connectivity index (χ4v) is 10.4. The Bertz CT molecular complexity index is 3560. The minimum absolute atomic E-state index is 1.09. The van der Waals surface area contributed by atoms with Crippen LogP contribution in [0, 0.1) is 0 Å². The molecule has 2 aromatic heterocycles. The van der Waals surface area contributed by atoms with Crippen LogP contribution in [0.25, 0.3) is 91.8 Å². The summed E-state index contributed by atoms with van der Waals surface area (Å²) in [5.74, 6) is 0. The van der Waals surface area contributed by atoms with E-state index < -0.39 is 0 Å². The van der Waals surface area contributed by atoms with Gasteiger partial charge < -0.3 is 9.47 Å². The maximum absolute atomic E-state index is 2.44. The average molecular weight is 795 g/mol. The van der Waals surface area contributed by atoms with Crippen molar-refractivity contribution in [2.24, 2.45) is 0 Å². The molecule has 0 aliphatic rings. The van der Waals surface area contributed by atoms with Gasteiger partial charge in [-0.3, -0.25) is 0 Å². The van der Waals surface area contributed by atoms with Crippen molar-refractivity contribution in [2.75, 3.05) is 4.90 Å². The predicted octanol–water partition coefficient (Wildman–Crippen LogP) is 16.8. The Morgan fingerprint density at radius 1 is 0.344 bits per heavy atom. The fraction of sp³-hybridized carbons (Fsp3) is 0. The number of para-hydroxylation sites is 2. The normalized spacial score (nSPS) is 11.6. The molecular formula is C58H38N2S. The Balaban J connectivity index is 0.970. The van der Waals surface area contributed by atoms with Gasteiger partial charge in [-0.05, 0) is 99.9 Å². The SMILES string of the molecule is c1ccc(-c2ccccc2N(c2ccc(-c3ccc4sc5ccccc5c4c3)cc2)c2ccc(-c3ccc4c5ccc6ccccc6c5n(-c5ccccc5)c4c3)cc2)cc1. The van der Waals surface area contributed by atoms with E-state index in [0.29, 0.717) is 0 Å². The van der Waals surface area contributed by atoms with Gasteiger partial charge >= 0.3 is 0 Å². The number of hydrogen-bond donors (Lipinski definition) is 0. The van der Waals surface area contributed by atoms with Gasteiger partial charge in [0.25, 0.3) is 0 Å². The highest BCUT2D eigenvalue weighted by Crippen LogP contribution is 2.44. The molecule has 0 unspecified atom stereocenters. The number of hydrogen-bond acceptors (Lipinski definition) is 2. The molecule has 0 aliphatic carbocycles. The highest BCUT2D eigenvalue weighted by Gasteiger charge is 2.19. The average Bonchev–Trinajstić information content (AvgIpc) is 3.88. The molecule has 0 amide bonds. The molecule has 0 saturated carbocycles. The topological polar surface area (TPSA) is 8.17 Å². The second kappa shape index (κ2) is 14.5. The molecule has 0 radical (unpaired) electrons. The van der Waals surface area contributed by atoms with Gasteiger partial charge in [0.05, 0.1) is 16.7 Å². The molecule has 10 aromatic carbocycles. The third kappa shape index (κ3) is 6.01. The summed E-state index contributed by atoms with van der Waals surface area (Å²) in [6.45, 7) is 0. The number of rotatable bonds is 7. The summed E-state index contributed by atoms with van der Waals surface area (Å²) >= 11 is 1.86. The summed E-state index contributed by atoms with van der Waals surface area (Å²) in [6.07, 6.45) is 0. The zero-order valence-corrected chi connectivity index (χ0v) is 34.1. The number of benzene rings is 10. The zero-order valence-electron chi connectivity index (χ0n) is 33.2. The van der Waals surface area contributed by atoms with E-state index >= 15 is 0 Å². The highest BCUT2D eigenvalue weighted by molar-refractivity contribution is 7.25. The van der Waals surface area contributed by atoms with Crippen molar-refractivity contribution >= 4 is 81.1 Å². The quantitative estimate of drug-likeness (QED) is 0.156. The van der Waals surface area contributed by atoms with E-state index in [4.69, 9.17) is 0 Å². The Morgan fingerprint density at radius 2 is 0.918 bits per heavy atom. The summed E-state index contributed by atoms with van der Waals surface area (Å²) < 4.78 is 5.09. The second-order valence-electron chi connectivity index (χ2n) is 15.7. The van der Waals surface area contributed by atoms with Gasteiger partial charge in [0.1, 0.15) is 0 Å². The molecule has 0 N–H and O–H groups in total. The first-order valence-electron chi connectivity index (χ1n) is 20.8. The first-order valence-corrected chi connectivity index (χ1v) is 21.6. The molecule has 0 bridgehead atoms. The molecule has 286 valence electrons. The zero-order chi connectivity index (χ0) is 40.3. The van der Waals surface area contributed by atoms with Gasteiger partial charge in [0.2, 0.25) is 0 Å². The van der Waals surface area contributed by atoms with E-state index in [1.54, 1.807) is 0 Å². The van der Waals surface area contributed by atoms with Crippen LogP contribution < -0.4 is 4.90 Å². The van der Waals surface area contributed by atoms with Gasteiger partial charge in [-0.2, -0.15) is 0 Å². The molecule has 12 aromatic rings. The van der Waals surface area contributed by atoms with E-state index in [2.05, 4.69) is 240 Å². The Kier molecular flexibility index (Phi) is 8.39. The third-order valence-electron chi connectivity index (χ3n) is 12.2. The van der Waals surface area contributed by atoms with Gasteiger partial charge in [0, 0.05) is 59.0 Å². The van der Waals surface area contributed by atoms with E-state index in [1.165, 1.54) is 86.1 Å². The first-order chi connectivity index (χ1) is 30.2. The molecule has 0 spiro atoms. The van der Waals surface area contributed by atoms with Crippen LogP contribution in [0.3, 0.4) is 0 Å². The van der Waals surface area contributed by atoms with Gasteiger partial charge in [-0.25, -0.2) is 0 Å². The molecular weight excluding hydrogens is 757 g/mol. The van der Waals surface area contributed by atoms with Crippen molar-refractivity contribution in [1.82, 2.24) is 4.57 Å². The minimum atomic E-state index is 1.09. The van der Waals surface area contributed by atoms with Crippen LogP contribution >= 0.6 is 11.3 Å². The third-order valence-corrected chi connectivity index (χ3v) is 13.3. The highest BCUT2D eigenvalue weighted by atomic mass is 32.1. The van der Waals surface area contributed by atoms with Crippen LogP contribution in [0.1, 0.15) is 0 Å². The largest absolute Gasteiger partial charge is 0.310 e. The lowest BCUT2D eigenvalue weighted by Gasteiger charge is -2.28. The number of anilines is 3. The number of aromatic nitrogens is 1. The lowest BCUT2D eigenvalue weighted by atomic mass is 9.99. The maximum atomic E-state index is 2.44. The van der Waals surface area contributed by atoms with Gasteiger partial charge in [0.15, 0.2) is 0 Å². The molecule has 2 heterocycles. The lowest BCUT2D eigenvalue weighted by Crippen LogP contribution is -2.11. The second-order valence-corrected chi connectivity index (χ2v) is 16.8. The van der Waals surface area contributed by atoms with Crippen molar-refractivity contribution < 1.29 is 0 Å². The first kappa shape index (κ1) is 35.2. The molecule has 61 heavy (non-hydrogen) atoms. The number of nitrogens with zero attached hydrogens (tertiary/aromatic N) is 2. The Labute approximate surface area is 358 Å². The standard InChI is InChI=1S/C58H38N2S/c1-3-13-41(14-4-1)48-18-9-11-21-54(48)59(46-30-23-39(24-31-46)43-29-36-57-53(37-43)51-20-10-12-22-56(51)61-57)47-32-25-40(26-33-47)44-28-34-50-52-35-27-42-15-7-8-19-49(42)58(52)60(55(50)38-44)45-16-5-2-6-17-45/h1-38H. The summed E-state index contributed by atoms with van der Waals surface area (Å²) in [6, 6.07) is 84.1. The predicted molar refractivity (Wildman–Crippen MR) is 262 cm³/mol. The van der Waals surface area contributed by atoms with Crippen molar-refractivity contribution in [1.29, 1.82) is 0 Å². The van der Waals surface area contributed by atoms with Crippen molar-refractivity contribution in [3.63, 3.8) is 0 Å². The molecule has 2 nitrogen and oxygen atoms in total. The van der Waals surface area contributed by atoms with E-state index in [1.807, 2.05) is 11.3 Å². The maximum Gasteiger partial charge on any atom is 0.0619 e. The summed E-state index contributed by atoms with van der Waals surface area (Å²) in [4.78, 5) is 2.40. The summed E-state index contributed by atoms with van der Waals surface area (Å²) in [5.41, 5.74) is 14.0. The smallest absolute Gasteiger partial charge is 0.0619 e. The molecule has 0 aliphatic heterocycles. The van der Waals surface area contributed by atoms with Crippen LogP contribution in [0.4, 0.5) is 17.1 Å². The monoisotopic (exact) mass is 794 g/mol. The van der Waals surface area contributed by atoms with Crippen LogP contribution in [0.15, 0.2) is 231 Å². The van der Waals surface area contributed by atoms with Gasteiger partial charge in [-0.1, -0.05) is 164 Å². The van der Waals surface area contributed by atoms with Crippen LogP contribution in [-0.4, -0.2) is 4.57 Å². The van der Waals surface area contributed by atoms with Gasteiger partial charge in [-0.15, -0.1) is 11.3 Å². The molecule has 3 heteroatoms. The Morgan fingerprint density at radius 3 is 1.69 bits per heavy atom. The van der Waals surface area contributed by atoms with Crippen molar-refractivity contribution in [3.05, 3.63) is 231 Å². The summed E-state index contributed by atoms with van der Waals surface area (Å²) in [5, 5.41) is 7.65. The van der Waals surface area contributed by atoms with E-state index in [-0.39, 0.29) is 0 Å². The molecule has 0 fully saturated rings. The van der Waals surface area contributed by atoms with Crippen LogP contribution in [0.2, 0.25) is 0 Å². The lowest BCUT2D eigenvalue weighted by molar-refractivity contribution is 1.19. The Hall–Kier alpha value is -7.72. The van der Waals surface area contributed by atoms with Crippen molar-refractivity contribution in [2.45, 2.75) is 0 Å². The van der Waals surface area contributed by atoms with E-state index in [9.17, 15) is 0 Å². The number of fused-ring (bicyclic) bond motifs is 8. The van der Waals surface area contributed by atoms with E-state index in [0.717, 1.165) is 22.7 Å². The molecule has 12 rings (SSSR count).